The molecule has 1 amide bonds. The van der Waals surface area contributed by atoms with Crippen LogP contribution in [0.5, 0.6) is 0 Å². The van der Waals surface area contributed by atoms with Gasteiger partial charge in [-0.15, -0.1) is 0 Å². The van der Waals surface area contributed by atoms with Crippen molar-refractivity contribution in [2.45, 2.75) is 19.3 Å². The summed E-state index contributed by atoms with van der Waals surface area (Å²) in [5.41, 5.74) is 0.598. The summed E-state index contributed by atoms with van der Waals surface area (Å²) in [4.78, 5) is 24.7. The highest BCUT2D eigenvalue weighted by Gasteiger charge is 2.25. The van der Waals surface area contributed by atoms with E-state index < -0.39 is 5.97 Å². The number of benzene rings is 1. The molecule has 1 fully saturated rings. The summed E-state index contributed by atoms with van der Waals surface area (Å²) < 4.78 is 0. The minimum Gasteiger partial charge on any atom is -0.481 e. The number of nitrogens with zero attached hydrogens (tertiary/aromatic N) is 1. The van der Waals surface area contributed by atoms with E-state index in [4.69, 9.17) is 16.7 Å². The minimum absolute atomic E-state index is 0.0493. The number of carbonyl (C=O) groups excluding carboxylic acids is 1. The average molecular weight is 282 g/mol. The lowest BCUT2D eigenvalue weighted by Crippen LogP contribution is -2.40. The molecule has 19 heavy (non-hydrogen) atoms. The van der Waals surface area contributed by atoms with Crippen LogP contribution in [0.15, 0.2) is 24.3 Å². The zero-order valence-electron chi connectivity index (χ0n) is 10.5. The number of hydrogen-bond acceptors (Lipinski definition) is 2. The number of rotatable bonds is 3. The van der Waals surface area contributed by atoms with Gasteiger partial charge in [-0.3, -0.25) is 9.59 Å². The molecular formula is C14H16ClNO3. The Morgan fingerprint density at radius 3 is 2.63 bits per heavy atom. The molecule has 1 aliphatic rings. The van der Waals surface area contributed by atoms with Gasteiger partial charge in [-0.1, -0.05) is 11.6 Å². The quantitative estimate of drug-likeness (QED) is 0.927. The van der Waals surface area contributed by atoms with Gasteiger partial charge >= 0.3 is 5.97 Å². The van der Waals surface area contributed by atoms with Crippen LogP contribution in [-0.2, 0) is 4.79 Å². The summed E-state index contributed by atoms with van der Waals surface area (Å²) in [7, 11) is 0. The van der Waals surface area contributed by atoms with E-state index in [2.05, 4.69) is 0 Å². The first-order chi connectivity index (χ1) is 9.06. The molecule has 0 radical (unpaired) electrons. The van der Waals surface area contributed by atoms with Crippen LogP contribution in [0.25, 0.3) is 0 Å². The second-order valence-corrected chi connectivity index (χ2v) is 5.30. The van der Waals surface area contributed by atoms with Gasteiger partial charge < -0.3 is 10.0 Å². The second-order valence-electron chi connectivity index (χ2n) is 4.86. The van der Waals surface area contributed by atoms with Gasteiger partial charge in [-0.05, 0) is 43.0 Å². The van der Waals surface area contributed by atoms with Gasteiger partial charge in [0.15, 0.2) is 0 Å². The Hall–Kier alpha value is -1.55. The third-order valence-electron chi connectivity index (χ3n) is 3.36. The van der Waals surface area contributed by atoms with Crippen LogP contribution in [0.1, 0.15) is 29.6 Å². The van der Waals surface area contributed by atoms with Gasteiger partial charge in [0.25, 0.3) is 5.91 Å². The Labute approximate surface area is 117 Å². The van der Waals surface area contributed by atoms with Crippen LogP contribution in [-0.4, -0.2) is 35.0 Å². The molecule has 1 atom stereocenters. The standard InChI is InChI=1S/C14H16ClNO3/c15-12-5-3-11(4-6-12)14(19)16-7-1-2-10(9-16)8-13(17)18/h3-6,10H,1-2,7-9H2,(H,17,18). The van der Waals surface area contributed by atoms with Crippen LogP contribution in [0.2, 0.25) is 5.02 Å². The smallest absolute Gasteiger partial charge is 0.303 e. The zero-order chi connectivity index (χ0) is 13.8. The van der Waals surface area contributed by atoms with Crippen molar-refractivity contribution < 1.29 is 14.7 Å². The fraction of sp³-hybridized carbons (Fsp3) is 0.429. The molecule has 0 spiro atoms. The molecule has 2 rings (SSSR count). The summed E-state index contributed by atoms with van der Waals surface area (Å²) in [5.74, 6) is -0.792. The topological polar surface area (TPSA) is 57.6 Å². The third kappa shape index (κ3) is 3.70. The van der Waals surface area contributed by atoms with E-state index in [1.54, 1.807) is 29.2 Å². The first-order valence-corrected chi connectivity index (χ1v) is 6.70. The maximum atomic E-state index is 12.3. The molecule has 0 saturated carbocycles. The van der Waals surface area contributed by atoms with Gasteiger partial charge in [0, 0.05) is 30.1 Å². The highest BCUT2D eigenvalue weighted by molar-refractivity contribution is 6.30. The molecule has 4 nitrogen and oxygen atoms in total. The molecule has 1 N–H and O–H groups in total. The van der Waals surface area contributed by atoms with Crippen LogP contribution in [0.4, 0.5) is 0 Å². The van der Waals surface area contributed by atoms with Gasteiger partial charge in [0.2, 0.25) is 0 Å². The summed E-state index contributed by atoms with van der Waals surface area (Å²) in [6, 6.07) is 6.78. The summed E-state index contributed by atoms with van der Waals surface area (Å²) >= 11 is 5.79. The van der Waals surface area contributed by atoms with Gasteiger partial charge in [0.1, 0.15) is 0 Å². The molecule has 0 bridgehead atoms. The third-order valence-corrected chi connectivity index (χ3v) is 3.61. The van der Waals surface area contributed by atoms with E-state index in [0.717, 1.165) is 12.8 Å². The number of halogens is 1. The SMILES string of the molecule is O=C(O)CC1CCCN(C(=O)c2ccc(Cl)cc2)C1. The second kappa shape index (κ2) is 6.06. The normalized spacial score (nSPS) is 19.2. The lowest BCUT2D eigenvalue weighted by atomic mass is 9.94. The highest BCUT2D eigenvalue weighted by Crippen LogP contribution is 2.21. The first kappa shape index (κ1) is 13.9. The molecule has 5 heteroatoms. The monoisotopic (exact) mass is 281 g/mol. The molecule has 1 heterocycles. The molecule has 1 unspecified atom stereocenters. The molecule has 102 valence electrons. The van der Waals surface area contributed by atoms with Crippen molar-refractivity contribution in [3.05, 3.63) is 34.9 Å². The summed E-state index contributed by atoms with van der Waals surface area (Å²) in [6.07, 6.45) is 1.86. The Balaban J connectivity index is 2.02. The fourth-order valence-corrected chi connectivity index (χ4v) is 2.56. The van der Waals surface area contributed by atoms with E-state index in [1.165, 1.54) is 0 Å². The van der Waals surface area contributed by atoms with Crippen LogP contribution < -0.4 is 0 Å². The number of likely N-dealkylation sites (tertiary alicyclic amines) is 1. The number of piperidine rings is 1. The average Bonchev–Trinajstić information content (AvgIpc) is 2.38. The lowest BCUT2D eigenvalue weighted by Gasteiger charge is -2.32. The van der Waals surface area contributed by atoms with Gasteiger partial charge in [-0.25, -0.2) is 0 Å². The molecule has 1 aliphatic heterocycles. The van der Waals surface area contributed by atoms with Crippen molar-refractivity contribution in [2.75, 3.05) is 13.1 Å². The van der Waals surface area contributed by atoms with E-state index in [9.17, 15) is 9.59 Å². The van der Waals surface area contributed by atoms with E-state index in [0.29, 0.717) is 23.7 Å². The van der Waals surface area contributed by atoms with Crippen LogP contribution in [0, 0.1) is 5.92 Å². The minimum atomic E-state index is -0.800. The lowest BCUT2D eigenvalue weighted by molar-refractivity contribution is -0.138. The van der Waals surface area contributed by atoms with Crippen molar-refractivity contribution in [3.8, 4) is 0 Å². The van der Waals surface area contributed by atoms with E-state index >= 15 is 0 Å². The van der Waals surface area contributed by atoms with Gasteiger partial charge in [-0.2, -0.15) is 0 Å². The fourth-order valence-electron chi connectivity index (χ4n) is 2.44. The maximum Gasteiger partial charge on any atom is 0.303 e. The summed E-state index contributed by atoms with van der Waals surface area (Å²) in [5, 5.41) is 9.42. The summed E-state index contributed by atoms with van der Waals surface area (Å²) in [6.45, 7) is 1.21. The number of amides is 1. The predicted octanol–water partition coefficient (Wildman–Crippen LogP) is 2.67. The molecule has 1 aromatic rings. The predicted molar refractivity (Wildman–Crippen MR) is 72.3 cm³/mol. The van der Waals surface area contributed by atoms with Crippen LogP contribution >= 0.6 is 11.6 Å². The molecule has 1 aromatic carbocycles. The number of aliphatic carboxylic acids is 1. The van der Waals surface area contributed by atoms with Crippen molar-refractivity contribution in [1.82, 2.24) is 4.90 Å². The number of hydrogen-bond donors (Lipinski definition) is 1. The Morgan fingerprint density at radius 1 is 1.32 bits per heavy atom. The van der Waals surface area contributed by atoms with Crippen molar-refractivity contribution in [1.29, 1.82) is 0 Å². The first-order valence-electron chi connectivity index (χ1n) is 6.33. The number of carbonyl (C=O) groups is 2. The Morgan fingerprint density at radius 2 is 2.00 bits per heavy atom. The molecule has 1 saturated heterocycles. The largest absolute Gasteiger partial charge is 0.481 e. The van der Waals surface area contributed by atoms with Crippen molar-refractivity contribution in [2.24, 2.45) is 5.92 Å². The number of carboxylic acids is 1. The van der Waals surface area contributed by atoms with Crippen molar-refractivity contribution >= 4 is 23.5 Å². The maximum absolute atomic E-state index is 12.3. The number of carboxylic acid groups (broad SMARTS) is 1. The Kier molecular flexibility index (Phi) is 4.43. The van der Waals surface area contributed by atoms with Gasteiger partial charge in [0.05, 0.1) is 0 Å². The molecule has 0 aromatic heterocycles. The zero-order valence-corrected chi connectivity index (χ0v) is 11.3. The highest BCUT2D eigenvalue weighted by atomic mass is 35.5. The molecule has 0 aliphatic carbocycles. The van der Waals surface area contributed by atoms with Crippen LogP contribution in [0.3, 0.4) is 0 Å². The molecular weight excluding hydrogens is 266 g/mol. The van der Waals surface area contributed by atoms with E-state index in [-0.39, 0.29) is 18.2 Å². The Bertz CT molecular complexity index is 472. The van der Waals surface area contributed by atoms with Crippen molar-refractivity contribution in [3.63, 3.8) is 0 Å². The van der Waals surface area contributed by atoms with E-state index in [1.807, 2.05) is 0 Å².